The number of fused-ring (bicyclic) bond motifs is 2. The van der Waals surface area contributed by atoms with Crippen molar-refractivity contribution < 1.29 is 0 Å². The fraction of sp³-hybridized carbons (Fsp3) is 0.333. The summed E-state index contributed by atoms with van der Waals surface area (Å²) in [6.45, 7) is 0. The zero-order chi connectivity index (χ0) is 13.7. The third-order valence-electron chi connectivity index (χ3n) is 3.77. The molecule has 4 nitrogen and oxygen atoms in total. The van der Waals surface area contributed by atoms with Crippen LogP contribution in [0.5, 0.6) is 0 Å². The minimum absolute atomic E-state index is 0.791. The fourth-order valence-electron chi connectivity index (χ4n) is 2.69. The molecule has 0 spiro atoms. The minimum atomic E-state index is 0.791. The Morgan fingerprint density at radius 1 is 1.20 bits per heavy atom. The van der Waals surface area contributed by atoms with Crippen LogP contribution in [0, 0.1) is 0 Å². The number of nitrogens with zero attached hydrogens (tertiary/aromatic N) is 3. The van der Waals surface area contributed by atoms with Gasteiger partial charge >= 0.3 is 0 Å². The number of aromatic nitrogens is 3. The maximum atomic E-state index is 4.66. The monoisotopic (exact) mass is 284 g/mol. The number of hydrogen-bond donors (Lipinski definition) is 1. The molecule has 5 heteroatoms. The van der Waals surface area contributed by atoms with E-state index < -0.39 is 0 Å². The molecule has 1 aliphatic carbocycles. The summed E-state index contributed by atoms with van der Waals surface area (Å²) in [5.41, 5.74) is 3.30. The topological polar surface area (TPSA) is 44.8 Å². The molecule has 0 saturated carbocycles. The lowest BCUT2D eigenvalue weighted by molar-refractivity contribution is 0.915. The van der Waals surface area contributed by atoms with Crippen molar-refractivity contribution in [2.24, 2.45) is 0 Å². The number of pyridine rings is 1. The van der Waals surface area contributed by atoms with E-state index in [1.165, 1.54) is 34.6 Å². The van der Waals surface area contributed by atoms with Crippen molar-refractivity contribution in [3.05, 3.63) is 28.6 Å². The second-order valence-corrected chi connectivity index (χ2v) is 6.57. The van der Waals surface area contributed by atoms with Gasteiger partial charge in [0.15, 0.2) is 11.5 Å². The SMILES string of the molecule is CN(C)c1ccc2[nH]c(-c3cc4c(s3)CCC4)nc2n1. The smallest absolute Gasteiger partial charge is 0.180 e. The summed E-state index contributed by atoms with van der Waals surface area (Å²) in [6.07, 6.45) is 3.74. The Bertz CT molecular complexity index is 763. The van der Waals surface area contributed by atoms with Crippen molar-refractivity contribution in [1.29, 1.82) is 0 Å². The molecule has 0 fully saturated rings. The average Bonchev–Trinajstić information content (AvgIpc) is 3.10. The Balaban J connectivity index is 1.79. The number of H-pyrrole nitrogens is 1. The molecule has 0 unspecified atom stereocenters. The van der Waals surface area contributed by atoms with E-state index in [9.17, 15) is 0 Å². The summed E-state index contributed by atoms with van der Waals surface area (Å²) < 4.78 is 0. The number of thiophene rings is 1. The van der Waals surface area contributed by atoms with Gasteiger partial charge in [0.25, 0.3) is 0 Å². The molecular formula is C15H16N4S. The van der Waals surface area contributed by atoms with Gasteiger partial charge in [-0.1, -0.05) is 0 Å². The van der Waals surface area contributed by atoms with E-state index in [0.29, 0.717) is 0 Å². The highest BCUT2D eigenvalue weighted by Gasteiger charge is 2.17. The third kappa shape index (κ3) is 1.81. The molecule has 1 aliphatic rings. The molecule has 3 heterocycles. The number of aromatic amines is 1. The van der Waals surface area contributed by atoms with E-state index in [1.807, 2.05) is 36.4 Å². The number of aryl methyl sites for hydroxylation is 2. The molecule has 0 aliphatic heterocycles. The Hall–Kier alpha value is -1.88. The van der Waals surface area contributed by atoms with Crippen molar-refractivity contribution in [3.63, 3.8) is 0 Å². The first-order valence-corrected chi connectivity index (χ1v) is 7.68. The lowest BCUT2D eigenvalue weighted by Gasteiger charge is -2.09. The maximum Gasteiger partial charge on any atom is 0.180 e. The molecule has 0 saturated heterocycles. The lowest BCUT2D eigenvalue weighted by atomic mass is 10.2. The minimum Gasteiger partial charge on any atom is -0.363 e. The average molecular weight is 284 g/mol. The molecular weight excluding hydrogens is 268 g/mol. The fourth-order valence-corrected chi connectivity index (χ4v) is 3.89. The molecule has 3 aromatic rings. The lowest BCUT2D eigenvalue weighted by Crippen LogP contribution is -2.10. The number of rotatable bonds is 2. The van der Waals surface area contributed by atoms with Gasteiger partial charge in [0.05, 0.1) is 10.4 Å². The molecule has 4 rings (SSSR count). The highest BCUT2D eigenvalue weighted by molar-refractivity contribution is 7.15. The van der Waals surface area contributed by atoms with Crippen molar-refractivity contribution in [2.45, 2.75) is 19.3 Å². The van der Waals surface area contributed by atoms with Gasteiger partial charge in [-0.15, -0.1) is 11.3 Å². The second kappa shape index (κ2) is 4.31. The van der Waals surface area contributed by atoms with Gasteiger partial charge in [0.1, 0.15) is 5.82 Å². The predicted octanol–water partition coefficient (Wildman–Crippen LogP) is 3.24. The van der Waals surface area contributed by atoms with Crippen LogP contribution in [0.25, 0.3) is 21.9 Å². The van der Waals surface area contributed by atoms with Crippen LogP contribution in [-0.2, 0) is 12.8 Å². The Morgan fingerprint density at radius 2 is 2.10 bits per heavy atom. The summed E-state index contributed by atoms with van der Waals surface area (Å²) >= 11 is 1.87. The summed E-state index contributed by atoms with van der Waals surface area (Å²) in [5.74, 6) is 1.88. The van der Waals surface area contributed by atoms with Crippen LogP contribution in [0.2, 0.25) is 0 Å². The van der Waals surface area contributed by atoms with E-state index in [-0.39, 0.29) is 0 Å². The molecule has 3 aromatic heterocycles. The van der Waals surface area contributed by atoms with Gasteiger partial charge in [0.2, 0.25) is 0 Å². The number of nitrogens with one attached hydrogen (secondary N) is 1. The van der Waals surface area contributed by atoms with Gasteiger partial charge < -0.3 is 9.88 Å². The molecule has 0 amide bonds. The first kappa shape index (κ1) is 11.9. The Kier molecular flexibility index (Phi) is 2.57. The van der Waals surface area contributed by atoms with E-state index in [0.717, 1.165) is 22.8 Å². The van der Waals surface area contributed by atoms with Crippen molar-refractivity contribution in [3.8, 4) is 10.7 Å². The van der Waals surface area contributed by atoms with Gasteiger partial charge in [0, 0.05) is 19.0 Å². The quantitative estimate of drug-likeness (QED) is 0.785. The van der Waals surface area contributed by atoms with Crippen molar-refractivity contribution >= 4 is 28.3 Å². The van der Waals surface area contributed by atoms with Crippen molar-refractivity contribution in [1.82, 2.24) is 15.0 Å². The van der Waals surface area contributed by atoms with Gasteiger partial charge in [-0.2, -0.15) is 0 Å². The first-order valence-electron chi connectivity index (χ1n) is 6.87. The summed E-state index contributed by atoms with van der Waals surface area (Å²) in [4.78, 5) is 17.4. The zero-order valence-electron chi connectivity index (χ0n) is 11.6. The summed E-state index contributed by atoms with van der Waals surface area (Å²) in [7, 11) is 3.98. The molecule has 0 aromatic carbocycles. The van der Waals surface area contributed by atoms with Crippen LogP contribution >= 0.6 is 11.3 Å². The molecule has 0 atom stereocenters. The van der Waals surface area contributed by atoms with Crippen LogP contribution in [0.1, 0.15) is 16.9 Å². The third-order valence-corrected chi connectivity index (χ3v) is 5.01. The number of anilines is 1. The van der Waals surface area contributed by atoms with E-state index >= 15 is 0 Å². The molecule has 1 N–H and O–H groups in total. The van der Waals surface area contributed by atoms with E-state index in [1.54, 1.807) is 0 Å². The zero-order valence-corrected chi connectivity index (χ0v) is 12.4. The number of hydrogen-bond acceptors (Lipinski definition) is 4. The van der Waals surface area contributed by atoms with E-state index in [4.69, 9.17) is 0 Å². The molecule has 20 heavy (non-hydrogen) atoms. The van der Waals surface area contributed by atoms with E-state index in [2.05, 4.69) is 27.1 Å². The van der Waals surface area contributed by atoms with Gasteiger partial charge in [-0.3, -0.25) is 0 Å². The molecule has 0 bridgehead atoms. The highest BCUT2D eigenvalue weighted by atomic mass is 32.1. The predicted molar refractivity (Wildman–Crippen MR) is 83.6 cm³/mol. The molecule has 0 radical (unpaired) electrons. The van der Waals surface area contributed by atoms with Crippen LogP contribution in [0.3, 0.4) is 0 Å². The van der Waals surface area contributed by atoms with Gasteiger partial charge in [-0.05, 0) is 43.0 Å². The molecule has 102 valence electrons. The van der Waals surface area contributed by atoms with Gasteiger partial charge in [-0.25, -0.2) is 9.97 Å². The second-order valence-electron chi connectivity index (χ2n) is 5.43. The largest absolute Gasteiger partial charge is 0.363 e. The maximum absolute atomic E-state index is 4.66. The number of imidazole rings is 1. The van der Waals surface area contributed by atoms with Crippen molar-refractivity contribution in [2.75, 3.05) is 19.0 Å². The Morgan fingerprint density at radius 3 is 2.90 bits per heavy atom. The summed E-state index contributed by atoms with van der Waals surface area (Å²) in [6, 6.07) is 6.35. The normalized spacial score (nSPS) is 13.9. The highest BCUT2D eigenvalue weighted by Crippen LogP contribution is 2.35. The first-order chi connectivity index (χ1) is 9.70. The summed E-state index contributed by atoms with van der Waals surface area (Å²) in [5, 5.41) is 0. The Labute approximate surface area is 121 Å². The standard InChI is InChI=1S/C15H16N4S/c1-19(2)13-7-6-10-14(17-13)18-15(16-10)12-8-9-4-3-5-11(9)20-12/h6-8H,3-5H2,1-2H3,(H,16,17,18). The van der Waals surface area contributed by atoms with Crippen LogP contribution in [0.4, 0.5) is 5.82 Å². The van der Waals surface area contributed by atoms with Crippen LogP contribution < -0.4 is 4.90 Å². The van der Waals surface area contributed by atoms with Crippen LogP contribution in [-0.4, -0.2) is 29.0 Å². The van der Waals surface area contributed by atoms with Crippen LogP contribution in [0.15, 0.2) is 18.2 Å².